The third-order valence-corrected chi connectivity index (χ3v) is 9.33. The molecule has 44 heavy (non-hydrogen) atoms. The molecular formula is C36H44N6O2. The zero-order valence-corrected chi connectivity index (χ0v) is 26.8. The number of fused-ring (bicyclic) bond motifs is 3. The Kier molecular flexibility index (Phi) is 8.54. The summed E-state index contributed by atoms with van der Waals surface area (Å²) in [6.07, 6.45) is 3.14. The van der Waals surface area contributed by atoms with Crippen LogP contribution in [0.15, 0.2) is 53.0 Å². The first-order valence-electron chi connectivity index (χ1n) is 15.8. The van der Waals surface area contributed by atoms with Crippen molar-refractivity contribution in [3.05, 3.63) is 76.2 Å². The van der Waals surface area contributed by atoms with Crippen molar-refractivity contribution >= 4 is 23.0 Å². The van der Waals surface area contributed by atoms with E-state index >= 15 is 0 Å². The van der Waals surface area contributed by atoms with Crippen LogP contribution in [0.3, 0.4) is 0 Å². The SMILES string of the molecule is COc1cc2c(cc1C1=C(C)CN=C1C)CC(C)c1nc(C)nc(N[C@H](CC(=O)NC3CCN(C)CC3)c3ccccc3)c1-2. The highest BCUT2D eigenvalue weighted by Gasteiger charge is 2.31. The van der Waals surface area contributed by atoms with Gasteiger partial charge in [0.15, 0.2) is 0 Å². The number of nitrogens with zero attached hydrogens (tertiary/aromatic N) is 4. The van der Waals surface area contributed by atoms with Gasteiger partial charge in [0, 0.05) is 34.4 Å². The summed E-state index contributed by atoms with van der Waals surface area (Å²) in [5.74, 6) is 2.55. The molecule has 2 aliphatic heterocycles. The Morgan fingerprint density at radius 3 is 2.50 bits per heavy atom. The Labute approximate surface area is 261 Å². The van der Waals surface area contributed by atoms with Gasteiger partial charge < -0.3 is 20.3 Å². The molecule has 230 valence electrons. The summed E-state index contributed by atoms with van der Waals surface area (Å²) in [5, 5.41) is 7.04. The standard InChI is InChI=1S/C36H44N6O2/c1-21-16-26-17-29(33-22(2)20-37-23(33)3)31(44-6)18-28(26)34-35(21)38-24(4)39-36(34)41-30(25-10-8-7-9-11-25)19-32(43)40-27-12-14-42(5)15-13-27/h7-11,17-18,21,27,30H,12-16,19-20H2,1-6H3,(H,40,43)(H,38,39,41)/t21?,30-/m1/s1. The fourth-order valence-corrected chi connectivity index (χ4v) is 6.99. The van der Waals surface area contributed by atoms with Crippen molar-refractivity contribution in [2.75, 3.05) is 39.1 Å². The molecule has 1 aromatic heterocycles. The van der Waals surface area contributed by atoms with Gasteiger partial charge in [0.05, 0.1) is 31.8 Å². The van der Waals surface area contributed by atoms with Gasteiger partial charge in [-0.25, -0.2) is 9.97 Å². The molecular weight excluding hydrogens is 548 g/mol. The molecule has 0 radical (unpaired) electrons. The van der Waals surface area contributed by atoms with Crippen LogP contribution >= 0.6 is 0 Å². The third kappa shape index (κ3) is 6.00. The summed E-state index contributed by atoms with van der Waals surface area (Å²) >= 11 is 0. The predicted octanol–water partition coefficient (Wildman–Crippen LogP) is 6.12. The van der Waals surface area contributed by atoms with Crippen molar-refractivity contribution in [2.45, 2.75) is 71.4 Å². The number of aryl methyl sites for hydroxylation is 1. The molecule has 2 N–H and O–H groups in total. The second-order valence-corrected chi connectivity index (χ2v) is 12.7. The summed E-state index contributed by atoms with van der Waals surface area (Å²) in [6.45, 7) is 11.1. The number of aromatic nitrogens is 2. The molecule has 8 heteroatoms. The maximum absolute atomic E-state index is 13.4. The zero-order valence-electron chi connectivity index (χ0n) is 26.8. The average Bonchev–Trinajstić information content (AvgIpc) is 3.35. The number of piperidine rings is 1. The minimum atomic E-state index is -0.257. The van der Waals surface area contributed by atoms with E-state index in [1.165, 1.54) is 16.7 Å². The number of benzene rings is 2. The topological polar surface area (TPSA) is 91.7 Å². The summed E-state index contributed by atoms with van der Waals surface area (Å²) in [7, 11) is 3.86. The lowest BCUT2D eigenvalue weighted by Gasteiger charge is -2.31. The number of nitrogens with one attached hydrogen (secondary N) is 2. The highest BCUT2D eigenvalue weighted by molar-refractivity contribution is 6.26. The second kappa shape index (κ2) is 12.5. The molecule has 6 rings (SSSR count). The molecule has 1 saturated heterocycles. The minimum absolute atomic E-state index is 0.0536. The molecule has 2 atom stereocenters. The number of hydrogen-bond donors (Lipinski definition) is 2. The summed E-state index contributed by atoms with van der Waals surface area (Å²) in [6, 6.07) is 14.6. The first-order chi connectivity index (χ1) is 21.2. The molecule has 3 heterocycles. The molecule has 0 saturated carbocycles. The Balaban J connectivity index is 1.38. The number of allylic oxidation sites excluding steroid dienone is 1. The van der Waals surface area contributed by atoms with Crippen LogP contribution in [0.1, 0.15) is 80.2 Å². The molecule has 1 amide bonds. The van der Waals surface area contributed by atoms with Gasteiger partial charge in [-0.3, -0.25) is 9.79 Å². The van der Waals surface area contributed by atoms with Gasteiger partial charge in [-0.15, -0.1) is 0 Å². The monoisotopic (exact) mass is 592 g/mol. The predicted molar refractivity (Wildman–Crippen MR) is 178 cm³/mol. The number of anilines is 1. The Hall–Kier alpha value is -4.04. The lowest BCUT2D eigenvalue weighted by molar-refractivity contribution is -0.122. The van der Waals surface area contributed by atoms with E-state index in [1.54, 1.807) is 7.11 Å². The summed E-state index contributed by atoms with van der Waals surface area (Å²) < 4.78 is 6.00. The van der Waals surface area contributed by atoms with Gasteiger partial charge >= 0.3 is 0 Å². The Morgan fingerprint density at radius 1 is 1.07 bits per heavy atom. The van der Waals surface area contributed by atoms with Crippen molar-refractivity contribution in [3.63, 3.8) is 0 Å². The van der Waals surface area contributed by atoms with Gasteiger partial charge in [-0.05, 0) is 94.6 Å². The normalized spacial score (nSPS) is 19.2. The second-order valence-electron chi connectivity index (χ2n) is 12.7. The van der Waals surface area contributed by atoms with Crippen molar-refractivity contribution in [3.8, 4) is 16.9 Å². The molecule has 3 aliphatic rings. The van der Waals surface area contributed by atoms with Crippen LogP contribution in [0, 0.1) is 6.92 Å². The van der Waals surface area contributed by atoms with E-state index in [2.05, 4.69) is 72.6 Å². The molecule has 0 bridgehead atoms. The van der Waals surface area contributed by atoms with E-state index in [-0.39, 0.29) is 23.9 Å². The molecule has 1 unspecified atom stereocenters. The average molecular weight is 593 g/mol. The smallest absolute Gasteiger partial charge is 0.222 e. The third-order valence-electron chi connectivity index (χ3n) is 9.33. The number of likely N-dealkylation sites (tertiary alicyclic amines) is 1. The van der Waals surface area contributed by atoms with Gasteiger partial charge in [0.2, 0.25) is 5.91 Å². The van der Waals surface area contributed by atoms with Gasteiger partial charge in [0.1, 0.15) is 17.4 Å². The van der Waals surface area contributed by atoms with Gasteiger partial charge in [-0.2, -0.15) is 0 Å². The van der Waals surface area contributed by atoms with Gasteiger partial charge in [0.25, 0.3) is 0 Å². The van der Waals surface area contributed by atoms with Crippen LogP contribution in [0.4, 0.5) is 5.82 Å². The maximum Gasteiger partial charge on any atom is 0.222 e. The van der Waals surface area contributed by atoms with Crippen LogP contribution in [0.2, 0.25) is 0 Å². The van der Waals surface area contributed by atoms with Crippen molar-refractivity contribution < 1.29 is 9.53 Å². The van der Waals surface area contributed by atoms with E-state index in [0.717, 1.165) is 84.1 Å². The maximum atomic E-state index is 13.4. The van der Waals surface area contributed by atoms with Crippen LogP contribution in [-0.4, -0.2) is 66.3 Å². The Morgan fingerprint density at radius 2 is 1.82 bits per heavy atom. The number of amides is 1. The molecule has 8 nitrogen and oxygen atoms in total. The van der Waals surface area contributed by atoms with Crippen LogP contribution in [0.5, 0.6) is 5.75 Å². The lowest BCUT2D eigenvalue weighted by Crippen LogP contribution is -2.43. The molecule has 1 fully saturated rings. The van der Waals surface area contributed by atoms with Crippen LogP contribution < -0.4 is 15.4 Å². The lowest BCUT2D eigenvalue weighted by atomic mass is 9.80. The fraction of sp³-hybridized carbons (Fsp3) is 0.444. The van der Waals surface area contributed by atoms with Crippen LogP contribution in [-0.2, 0) is 11.2 Å². The number of methoxy groups -OCH3 is 1. The number of rotatable bonds is 8. The molecule has 2 aromatic carbocycles. The van der Waals surface area contributed by atoms with E-state index in [1.807, 2.05) is 25.1 Å². The highest BCUT2D eigenvalue weighted by Crippen LogP contribution is 2.47. The number of carbonyl (C=O) groups excluding carboxylic acids is 1. The summed E-state index contributed by atoms with van der Waals surface area (Å²) in [4.78, 5) is 30.4. The summed E-state index contributed by atoms with van der Waals surface area (Å²) in [5.41, 5.74) is 9.97. The first kappa shape index (κ1) is 30.0. The Bertz CT molecular complexity index is 1620. The highest BCUT2D eigenvalue weighted by atomic mass is 16.5. The largest absolute Gasteiger partial charge is 0.496 e. The van der Waals surface area contributed by atoms with E-state index in [9.17, 15) is 4.79 Å². The molecule has 3 aromatic rings. The number of carbonyl (C=O) groups is 1. The zero-order chi connectivity index (χ0) is 31.0. The minimum Gasteiger partial charge on any atom is -0.496 e. The van der Waals surface area contributed by atoms with Crippen molar-refractivity contribution in [1.29, 1.82) is 0 Å². The fourth-order valence-electron chi connectivity index (χ4n) is 6.99. The van der Waals surface area contributed by atoms with E-state index < -0.39 is 0 Å². The van der Waals surface area contributed by atoms with Crippen LogP contribution in [0.25, 0.3) is 16.7 Å². The van der Waals surface area contributed by atoms with Crippen molar-refractivity contribution in [1.82, 2.24) is 20.2 Å². The van der Waals surface area contributed by atoms with Gasteiger partial charge in [-0.1, -0.05) is 37.3 Å². The first-order valence-corrected chi connectivity index (χ1v) is 15.8. The molecule has 1 aliphatic carbocycles. The number of hydrogen-bond acceptors (Lipinski definition) is 7. The number of aliphatic imine (C=N–C) groups is 1. The van der Waals surface area contributed by atoms with E-state index in [0.29, 0.717) is 12.2 Å². The van der Waals surface area contributed by atoms with Crippen molar-refractivity contribution in [2.24, 2.45) is 4.99 Å². The van der Waals surface area contributed by atoms with E-state index in [4.69, 9.17) is 14.7 Å². The molecule has 0 spiro atoms. The quantitative estimate of drug-likeness (QED) is 0.327. The number of ether oxygens (including phenoxy) is 1.